The zero-order valence-corrected chi connectivity index (χ0v) is 5.89. The van der Waals surface area contributed by atoms with E-state index in [1.54, 1.807) is 0 Å². The third-order valence-corrected chi connectivity index (χ3v) is 0.930. The molecule has 4 nitrogen and oxygen atoms in total. The molecule has 0 saturated heterocycles. The van der Waals surface area contributed by atoms with E-state index in [1.807, 2.05) is 0 Å². The van der Waals surface area contributed by atoms with Crippen molar-refractivity contribution in [3.05, 3.63) is 17.7 Å². The first-order chi connectivity index (χ1) is 4.36. The molecule has 1 heterocycles. The lowest BCUT2D eigenvalue weighted by atomic mass is 10.5. The van der Waals surface area contributed by atoms with Crippen molar-refractivity contribution >= 4 is 18.7 Å². The minimum Gasteiger partial charge on any atom is -0.390 e. The van der Waals surface area contributed by atoms with Gasteiger partial charge in [0.25, 0.3) is 0 Å². The second kappa shape index (κ2) is 4.03. The zero-order chi connectivity index (χ0) is 6.69. The molecular weight excluding hydrogens is 156 g/mol. The summed E-state index contributed by atoms with van der Waals surface area (Å²) in [5, 5.41) is 8.46. The average molecular weight is 163 g/mol. The number of nitrogens with one attached hydrogen (secondary N) is 1. The largest absolute Gasteiger partial charge is 0.390 e. The predicted molar refractivity (Wildman–Crippen MR) is 37.1 cm³/mol. The number of imidazole rings is 1. The van der Waals surface area contributed by atoms with Crippen molar-refractivity contribution in [2.24, 2.45) is 0 Å². The normalized spacial score (nSPS) is 8.50. The third kappa shape index (κ3) is 1.82. The maximum Gasteiger partial charge on any atom is 0.185 e. The highest BCUT2D eigenvalue weighted by atomic mass is 35.5. The van der Waals surface area contributed by atoms with Crippen LogP contribution in [-0.4, -0.2) is 21.4 Å². The molecule has 0 amide bonds. The first-order valence-corrected chi connectivity index (χ1v) is 2.46. The van der Waals surface area contributed by atoms with Crippen molar-refractivity contribution < 1.29 is 9.90 Å². The molecule has 0 aliphatic rings. The Labute approximate surface area is 63.7 Å². The second-order valence-electron chi connectivity index (χ2n) is 1.57. The van der Waals surface area contributed by atoms with E-state index in [0.717, 1.165) is 0 Å². The van der Waals surface area contributed by atoms with Crippen LogP contribution in [0, 0.1) is 0 Å². The number of carbonyl (C=O) groups is 1. The van der Waals surface area contributed by atoms with E-state index in [-0.39, 0.29) is 24.8 Å². The number of H-pyrrole nitrogens is 1. The van der Waals surface area contributed by atoms with Crippen molar-refractivity contribution in [2.45, 2.75) is 6.61 Å². The molecule has 0 spiro atoms. The van der Waals surface area contributed by atoms with Crippen LogP contribution < -0.4 is 0 Å². The van der Waals surface area contributed by atoms with Crippen LogP contribution in [0.15, 0.2) is 6.20 Å². The number of halogens is 1. The molecule has 1 aromatic heterocycles. The summed E-state index contributed by atoms with van der Waals surface area (Å²) in [6, 6.07) is 0. The lowest BCUT2D eigenvalue weighted by Gasteiger charge is -1.81. The van der Waals surface area contributed by atoms with E-state index in [9.17, 15) is 4.79 Å². The van der Waals surface area contributed by atoms with Crippen LogP contribution >= 0.6 is 12.4 Å². The smallest absolute Gasteiger partial charge is 0.185 e. The van der Waals surface area contributed by atoms with E-state index in [1.165, 1.54) is 6.20 Å². The van der Waals surface area contributed by atoms with Crippen LogP contribution in [0.25, 0.3) is 0 Å². The van der Waals surface area contributed by atoms with Crippen molar-refractivity contribution in [1.29, 1.82) is 0 Å². The summed E-state index contributed by atoms with van der Waals surface area (Å²) < 4.78 is 0. The monoisotopic (exact) mass is 162 g/mol. The Morgan fingerprint density at radius 2 is 2.50 bits per heavy atom. The Morgan fingerprint density at radius 3 is 2.80 bits per heavy atom. The van der Waals surface area contributed by atoms with Crippen LogP contribution in [0.2, 0.25) is 0 Å². The average Bonchev–Trinajstić information content (AvgIpc) is 2.34. The van der Waals surface area contributed by atoms with E-state index < -0.39 is 0 Å². The minimum absolute atomic E-state index is 0. The van der Waals surface area contributed by atoms with Gasteiger partial charge in [0.15, 0.2) is 12.1 Å². The Morgan fingerprint density at radius 1 is 1.80 bits per heavy atom. The summed E-state index contributed by atoms with van der Waals surface area (Å²) in [7, 11) is 0. The van der Waals surface area contributed by atoms with Gasteiger partial charge in [-0.3, -0.25) is 4.79 Å². The molecule has 2 N–H and O–H groups in total. The number of hydrogen-bond donors (Lipinski definition) is 2. The summed E-state index contributed by atoms with van der Waals surface area (Å²) >= 11 is 0. The molecule has 0 unspecified atom stereocenters. The number of aldehydes is 1. The lowest BCUT2D eigenvalue weighted by molar-refractivity contribution is 0.111. The van der Waals surface area contributed by atoms with Crippen LogP contribution in [0.1, 0.15) is 16.3 Å². The maximum absolute atomic E-state index is 9.96. The molecule has 1 aromatic rings. The molecule has 10 heavy (non-hydrogen) atoms. The van der Waals surface area contributed by atoms with Crippen LogP contribution in [-0.2, 0) is 6.61 Å². The summed E-state index contributed by atoms with van der Waals surface area (Å²) in [6.45, 7) is -0.110. The Balaban J connectivity index is 0.000000810. The summed E-state index contributed by atoms with van der Waals surface area (Å²) in [4.78, 5) is 16.2. The molecule has 0 bridgehead atoms. The van der Waals surface area contributed by atoms with Crippen LogP contribution in [0.4, 0.5) is 0 Å². The highest BCUT2D eigenvalue weighted by Crippen LogP contribution is 1.92. The third-order valence-electron chi connectivity index (χ3n) is 0.930. The SMILES string of the molecule is Cl.O=Cc1ncc(CO)[nH]1. The number of aliphatic hydroxyl groups is 1. The van der Waals surface area contributed by atoms with Gasteiger partial charge in [0.2, 0.25) is 0 Å². The Hall–Kier alpha value is -0.870. The van der Waals surface area contributed by atoms with Gasteiger partial charge in [0.1, 0.15) is 0 Å². The van der Waals surface area contributed by atoms with Gasteiger partial charge in [-0.2, -0.15) is 0 Å². The molecule has 0 aliphatic heterocycles. The van der Waals surface area contributed by atoms with Gasteiger partial charge in [-0.25, -0.2) is 4.98 Å². The summed E-state index contributed by atoms with van der Waals surface area (Å²) in [6.07, 6.45) is 2.02. The number of aromatic nitrogens is 2. The number of rotatable bonds is 2. The highest BCUT2D eigenvalue weighted by molar-refractivity contribution is 5.85. The van der Waals surface area contributed by atoms with Crippen LogP contribution in [0.5, 0.6) is 0 Å². The minimum atomic E-state index is -0.110. The predicted octanol–water partition coefficient (Wildman–Crippen LogP) is 0.136. The standard InChI is InChI=1S/C5H6N2O2.ClH/c8-2-4-1-6-5(3-9)7-4;/h1,3,8H,2H2,(H,6,7);1H. The molecule has 0 radical (unpaired) electrons. The van der Waals surface area contributed by atoms with E-state index in [4.69, 9.17) is 5.11 Å². The van der Waals surface area contributed by atoms with Gasteiger partial charge in [0.05, 0.1) is 18.5 Å². The molecule has 56 valence electrons. The topological polar surface area (TPSA) is 66.0 Å². The van der Waals surface area contributed by atoms with Crippen molar-refractivity contribution in [2.75, 3.05) is 0 Å². The fourth-order valence-corrected chi connectivity index (χ4v) is 0.517. The Kier molecular flexibility index (Phi) is 3.68. The van der Waals surface area contributed by atoms with Gasteiger partial charge < -0.3 is 10.1 Å². The van der Waals surface area contributed by atoms with E-state index in [2.05, 4.69) is 9.97 Å². The van der Waals surface area contributed by atoms with Crippen molar-refractivity contribution in [3.63, 3.8) is 0 Å². The number of aliphatic hydroxyl groups excluding tert-OH is 1. The first-order valence-electron chi connectivity index (χ1n) is 2.46. The summed E-state index contributed by atoms with van der Waals surface area (Å²) in [5.74, 6) is 0.249. The fraction of sp³-hybridized carbons (Fsp3) is 0.200. The highest BCUT2D eigenvalue weighted by Gasteiger charge is 1.94. The molecule has 0 fully saturated rings. The quantitative estimate of drug-likeness (QED) is 0.608. The van der Waals surface area contributed by atoms with Crippen LogP contribution in [0.3, 0.4) is 0 Å². The van der Waals surface area contributed by atoms with Gasteiger partial charge >= 0.3 is 0 Å². The fourth-order valence-electron chi connectivity index (χ4n) is 0.517. The zero-order valence-electron chi connectivity index (χ0n) is 5.07. The lowest BCUT2D eigenvalue weighted by Crippen LogP contribution is -1.83. The van der Waals surface area contributed by atoms with Crippen molar-refractivity contribution in [3.8, 4) is 0 Å². The summed E-state index contributed by atoms with van der Waals surface area (Å²) in [5.41, 5.74) is 0.553. The van der Waals surface area contributed by atoms with E-state index in [0.29, 0.717) is 12.0 Å². The number of carbonyl (C=O) groups excluding carboxylic acids is 1. The van der Waals surface area contributed by atoms with Gasteiger partial charge in [-0.1, -0.05) is 0 Å². The molecule has 1 rings (SSSR count). The Bertz CT molecular complexity index is 211. The number of aromatic amines is 1. The van der Waals surface area contributed by atoms with Gasteiger partial charge in [-0.05, 0) is 0 Å². The van der Waals surface area contributed by atoms with Gasteiger partial charge in [-0.15, -0.1) is 12.4 Å². The number of hydrogen-bond acceptors (Lipinski definition) is 3. The number of nitrogens with zero attached hydrogens (tertiary/aromatic N) is 1. The molecule has 0 aliphatic carbocycles. The molecular formula is C5H7ClN2O2. The van der Waals surface area contributed by atoms with E-state index >= 15 is 0 Å². The molecule has 0 atom stereocenters. The molecule has 0 aromatic carbocycles. The first kappa shape index (κ1) is 9.13. The van der Waals surface area contributed by atoms with Gasteiger partial charge in [0, 0.05) is 0 Å². The molecule has 0 saturated carbocycles. The van der Waals surface area contributed by atoms with Crippen molar-refractivity contribution in [1.82, 2.24) is 9.97 Å². The second-order valence-corrected chi connectivity index (χ2v) is 1.57. The maximum atomic E-state index is 9.96. The molecule has 5 heteroatoms.